The minimum Gasteiger partial charge on any atom is -0.322 e. The molecular formula is C17H12ClN5O. The molecular weight excluding hydrogens is 326 g/mol. The minimum absolute atomic E-state index is 0.247. The van der Waals surface area contributed by atoms with Gasteiger partial charge in [-0.2, -0.15) is 10.4 Å². The molecule has 24 heavy (non-hydrogen) atoms. The van der Waals surface area contributed by atoms with Crippen LogP contribution in [-0.4, -0.2) is 20.7 Å². The van der Waals surface area contributed by atoms with Crippen LogP contribution < -0.4 is 5.32 Å². The van der Waals surface area contributed by atoms with Gasteiger partial charge >= 0.3 is 0 Å². The Morgan fingerprint density at radius 1 is 1.25 bits per heavy atom. The van der Waals surface area contributed by atoms with Crippen molar-refractivity contribution in [2.75, 3.05) is 5.32 Å². The largest absolute Gasteiger partial charge is 0.322 e. The van der Waals surface area contributed by atoms with E-state index in [1.165, 1.54) is 6.33 Å². The Bertz CT molecular complexity index is 898. The number of aromatic nitrogens is 3. The lowest BCUT2D eigenvalue weighted by atomic mass is 10.1. The van der Waals surface area contributed by atoms with Gasteiger partial charge in [0.1, 0.15) is 18.7 Å². The van der Waals surface area contributed by atoms with Gasteiger partial charge in [0.05, 0.1) is 17.1 Å². The van der Waals surface area contributed by atoms with Crippen LogP contribution in [0.1, 0.15) is 21.5 Å². The van der Waals surface area contributed by atoms with Crippen molar-refractivity contribution in [2.45, 2.75) is 6.54 Å². The first-order chi connectivity index (χ1) is 11.7. The van der Waals surface area contributed by atoms with Crippen molar-refractivity contribution in [1.29, 1.82) is 5.26 Å². The van der Waals surface area contributed by atoms with Gasteiger partial charge < -0.3 is 5.32 Å². The maximum Gasteiger partial charge on any atom is 0.255 e. The summed E-state index contributed by atoms with van der Waals surface area (Å²) in [6.07, 6.45) is 3.11. The average Bonchev–Trinajstić information content (AvgIpc) is 3.08. The van der Waals surface area contributed by atoms with Gasteiger partial charge in [-0.1, -0.05) is 23.7 Å². The van der Waals surface area contributed by atoms with E-state index in [1.54, 1.807) is 41.3 Å². The number of amides is 1. The topological polar surface area (TPSA) is 83.6 Å². The highest BCUT2D eigenvalue weighted by molar-refractivity contribution is 6.32. The third-order valence-corrected chi connectivity index (χ3v) is 3.69. The zero-order chi connectivity index (χ0) is 16.9. The summed E-state index contributed by atoms with van der Waals surface area (Å²) in [5.74, 6) is -0.247. The molecule has 1 heterocycles. The number of rotatable bonds is 4. The molecule has 0 atom stereocenters. The molecule has 0 bridgehead atoms. The molecule has 3 rings (SSSR count). The number of nitrogens with zero attached hydrogens (tertiary/aromatic N) is 4. The van der Waals surface area contributed by atoms with Crippen molar-refractivity contribution in [1.82, 2.24) is 14.8 Å². The quantitative estimate of drug-likeness (QED) is 0.792. The van der Waals surface area contributed by atoms with E-state index in [-0.39, 0.29) is 5.91 Å². The molecule has 3 aromatic rings. The van der Waals surface area contributed by atoms with Crippen molar-refractivity contribution in [3.8, 4) is 6.07 Å². The molecule has 0 unspecified atom stereocenters. The third-order valence-electron chi connectivity index (χ3n) is 3.37. The summed E-state index contributed by atoms with van der Waals surface area (Å²) in [5, 5.41) is 16.0. The van der Waals surface area contributed by atoms with Gasteiger partial charge in [-0.15, -0.1) is 0 Å². The molecule has 0 radical (unpaired) electrons. The summed E-state index contributed by atoms with van der Waals surface area (Å²) in [6.45, 7) is 0.590. The Morgan fingerprint density at radius 2 is 2.04 bits per heavy atom. The molecule has 2 aromatic carbocycles. The van der Waals surface area contributed by atoms with Crippen LogP contribution in [0, 0.1) is 11.3 Å². The monoisotopic (exact) mass is 337 g/mol. The van der Waals surface area contributed by atoms with E-state index >= 15 is 0 Å². The highest BCUT2D eigenvalue weighted by Gasteiger charge is 2.08. The van der Waals surface area contributed by atoms with E-state index in [9.17, 15) is 4.79 Å². The van der Waals surface area contributed by atoms with Gasteiger partial charge in [-0.25, -0.2) is 9.67 Å². The van der Waals surface area contributed by atoms with E-state index in [0.29, 0.717) is 28.4 Å². The molecule has 0 saturated heterocycles. The Kier molecular flexibility index (Phi) is 4.54. The summed E-state index contributed by atoms with van der Waals surface area (Å²) in [4.78, 5) is 16.1. The molecule has 118 valence electrons. The fraction of sp³-hybridized carbons (Fsp3) is 0.0588. The van der Waals surface area contributed by atoms with Gasteiger partial charge in [0.25, 0.3) is 5.91 Å². The lowest BCUT2D eigenvalue weighted by Crippen LogP contribution is -2.12. The molecule has 0 aliphatic rings. The van der Waals surface area contributed by atoms with Gasteiger partial charge in [0.2, 0.25) is 0 Å². The van der Waals surface area contributed by atoms with Crippen LogP contribution in [-0.2, 0) is 6.54 Å². The number of anilines is 1. The number of carbonyl (C=O) groups excluding carboxylic acids is 1. The molecule has 1 amide bonds. The van der Waals surface area contributed by atoms with Crippen LogP contribution >= 0.6 is 11.6 Å². The van der Waals surface area contributed by atoms with Crippen LogP contribution in [0.5, 0.6) is 0 Å². The first-order valence-corrected chi connectivity index (χ1v) is 7.46. The van der Waals surface area contributed by atoms with E-state index in [2.05, 4.69) is 15.4 Å². The Labute approximate surface area is 143 Å². The number of hydrogen-bond acceptors (Lipinski definition) is 4. The number of benzene rings is 2. The lowest BCUT2D eigenvalue weighted by molar-refractivity contribution is 0.102. The molecule has 0 aliphatic heterocycles. The van der Waals surface area contributed by atoms with Crippen molar-refractivity contribution < 1.29 is 4.79 Å². The predicted molar refractivity (Wildman–Crippen MR) is 89.7 cm³/mol. The standard InChI is InChI=1S/C17H12ClN5O/c18-16-7-15(6-5-14(16)8-19)22-17(24)13-3-1-12(2-4-13)9-23-11-20-10-21-23/h1-7,10-11H,9H2,(H,22,24). The van der Waals surface area contributed by atoms with Crippen LogP contribution in [0.15, 0.2) is 55.1 Å². The van der Waals surface area contributed by atoms with Crippen LogP contribution in [0.3, 0.4) is 0 Å². The number of hydrogen-bond donors (Lipinski definition) is 1. The molecule has 0 spiro atoms. The number of nitrogens with one attached hydrogen (secondary N) is 1. The number of halogens is 1. The number of nitriles is 1. The molecule has 1 N–H and O–H groups in total. The van der Waals surface area contributed by atoms with Crippen molar-refractivity contribution >= 4 is 23.2 Å². The summed E-state index contributed by atoms with van der Waals surface area (Å²) in [6, 6.07) is 13.9. The van der Waals surface area contributed by atoms with Gasteiger partial charge in [-0.3, -0.25) is 4.79 Å². The van der Waals surface area contributed by atoms with Crippen molar-refractivity contribution in [3.05, 3.63) is 76.8 Å². The highest BCUT2D eigenvalue weighted by Crippen LogP contribution is 2.20. The second kappa shape index (κ2) is 6.94. The number of carbonyl (C=O) groups is 1. The zero-order valence-electron chi connectivity index (χ0n) is 12.5. The van der Waals surface area contributed by atoms with Crippen molar-refractivity contribution in [2.24, 2.45) is 0 Å². The smallest absolute Gasteiger partial charge is 0.255 e. The van der Waals surface area contributed by atoms with Crippen LogP contribution in [0.2, 0.25) is 5.02 Å². The van der Waals surface area contributed by atoms with Crippen molar-refractivity contribution in [3.63, 3.8) is 0 Å². The average molecular weight is 338 g/mol. The maximum atomic E-state index is 12.3. The van der Waals surface area contributed by atoms with Gasteiger partial charge in [0.15, 0.2) is 0 Å². The van der Waals surface area contributed by atoms with E-state index in [0.717, 1.165) is 5.56 Å². The van der Waals surface area contributed by atoms with E-state index < -0.39 is 0 Å². The molecule has 1 aromatic heterocycles. The summed E-state index contributed by atoms with van der Waals surface area (Å²) < 4.78 is 1.70. The first-order valence-electron chi connectivity index (χ1n) is 7.08. The fourth-order valence-electron chi connectivity index (χ4n) is 2.15. The van der Waals surface area contributed by atoms with E-state index in [1.807, 2.05) is 18.2 Å². The van der Waals surface area contributed by atoms with Crippen LogP contribution in [0.4, 0.5) is 5.69 Å². The molecule has 0 saturated carbocycles. The molecule has 0 aliphatic carbocycles. The van der Waals surface area contributed by atoms with Crippen LogP contribution in [0.25, 0.3) is 0 Å². The fourth-order valence-corrected chi connectivity index (χ4v) is 2.37. The SMILES string of the molecule is N#Cc1ccc(NC(=O)c2ccc(Cn3cncn3)cc2)cc1Cl. The zero-order valence-corrected chi connectivity index (χ0v) is 13.2. The summed E-state index contributed by atoms with van der Waals surface area (Å²) in [5.41, 5.74) is 2.44. The van der Waals surface area contributed by atoms with Gasteiger partial charge in [-0.05, 0) is 35.9 Å². The van der Waals surface area contributed by atoms with E-state index in [4.69, 9.17) is 16.9 Å². The predicted octanol–water partition coefficient (Wildman–Crippen LogP) is 3.10. The summed E-state index contributed by atoms with van der Waals surface area (Å²) in [7, 11) is 0. The lowest BCUT2D eigenvalue weighted by Gasteiger charge is -2.07. The molecule has 0 fully saturated rings. The highest BCUT2D eigenvalue weighted by atomic mass is 35.5. The second-order valence-electron chi connectivity index (χ2n) is 5.05. The Morgan fingerprint density at radius 3 is 2.67 bits per heavy atom. The maximum absolute atomic E-state index is 12.3. The van der Waals surface area contributed by atoms with Gasteiger partial charge in [0, 0.05) is 11.3 Å². The second-order valence-corrected chi connectivity index (χ2v) is 5.46. The Balaban J connectivity index is 1.69. The third kappa shape index (κ3) is 3.59. The molecule has 6 nitrogen and oxygen atoms in total. The minimum atomic E-state index is -0.247. The Hall–Kier alpha value is -3.17. The normalized spacial score (nSPS) is 10.2. The molecule has 7 heteroatoms. The summed E-state index contributed by atoms with van der Waals surface area (Å²) >= 11 is 5.96. The first kappa shape index (κ1) is 15.7.